The lowest BCUT2D eigenvalue weighted by molar-refractivity contribution is 0.0588. The van der Waals surface area contributed by atoms with Gasteiger partial charge in [0.15, 0.2) is 0 Å². The minimum Gasteiger partial charge on any atom is -0.443 e. The first-order valence-corrected chi connectivity index (χ1v) is 5.68. The monoisotopic (exact) mass is 256 g/mol. The first kappa shape index (κ1) is 13.8. The van der Waals surface area contributed by atoms with Crippen LogP contribution in [0.4, 0.5) is 10.6 Å². The normalized spacial score (nSPS) is 11.2. The molecule has 1 heterocycles. The van der Waals surface area contributed by atoms with Gasteiger partial charge in [-0.1, -0.05) is 11.6 Å². The molecule has 0 aliphatic heterocycles. The van der Waals surface area contributed by atoms with Gasteiger partial charge >= 0.3 is 6.09 Å². The highest BCUT2D eigenvalue weighted by molar-refractivity contribution is 6.30. The van der Waals surface area contributed by atoms with E-state index in [-0.39, 0.29) is 0 Å². The van der Waals surface area contributed by atoms with Crippen molar-refractivity contribution in [2.75, 3.05) is 11.9 Å². The fraction of sp³-hybridized carbons (Fsp3) is 0.500. The van der Waals surface area contributed by atoms with Crippen LogP contribution in [-0.4, -0.2) is 23.7 Å². The van der Waals surface area contributed by atoms with E-state index in [0.29, 0.717) is 10.8 Å². The molecule has 0 fully saturated rings. The SMILES string of the molecule is Cc1cc(Cl)cc(N(C)C(=O)OC(C)(C)C)n1. The van der Waals surface area contributed by atoms with Crippen LogP contribution in [0.2, 0.25) is 5.02 Å². The van der Waals surface area contributed by atoms with Crippen molar-refractivity contribution in [1.29, 1.82) is 0 Å². The van der Waals surface area contributed by atoms with Gasteiger partial charge in [-0.25, -0.2) is 9.78 Å². The lowest BCUT2D eigenvalue weighted by Gasteiger charge is -2.24. The molecule has 0 unspecified atom stereocenters. The molecule has 0 saturated carbocycles. The van der Waals surface area contributed by atoms with Gasteiger partial charge in [-0.15, -0.1) is 0 Å². The third-order valence-corrected chi connectivity index (χ3v) is 2.13. The minimum absolute atomic E-state index is 0.452. The Bertz CT molecular complexity index is 407. The second-order valence-electron chi connectivity index (χ2n) is 4.82. The van der Waals surface area contributed by atoms with E-state index in [4.69, 9.17) is 16.3 Å². The van der Waals surface area contributed by atoms with Crippen molar-refractivity contribution in [3.05, 3.63) is 22.8 Å². The molecule has 0 N–H and O–H groups in total. The van der Waals surface area contributed by atoms with Crippen LogP contribution < -0.4 is 4.90 Å². The maximum absolute atomic E-state index is 11.8. The number of aryl methyl sites for hydroxylation is 1. The molecule has 0 aliphatic rings. The number of pyridine rings is 1. The van der Waals surface area contributed by atoms with E-state index in [1.807, 2.05) is 27.7 Å². The molecule has 0 spiro atoms. The third-order valence-electron chi connectivity index (χ3n) is 1.92. The van der Waals surface area contributed by atoms with Crippen molar-refractivity contribution < 1.29 is 9.53 Å². The number of nitrogens with zero attached hydrogens (tertiary/aromatic N) is 2. The van der Waals surface area contributed by atoms with E-state index in [2.05, 4.69) is 4.98 Å². The van der Waals surface area contributed by atoms with Gasteiger partial charge in [0.05, 0.1) is 0 Å². The van der Waals surface area contributed by atoms with Crippen molar-refractivity contribution in [2.24, 2.45) is 0 Å². The van der Waals surface area contributed by atoms with Crippen LogP contribution >= 0.6 is 11.6 Å². The van der Waals surface area contributed by atoms with E-state index >= 15 is 0 Å². The zero-order valence-electron chi connectivity index (χ0n) is 10.7. The number of hydrogen-bond acceptors (Lipinski definition) is 3. The van der Waals surface area contributed by atoms with Crippen LogP contribution in [0.3, 0.4) is 0 Å². The number of amides is 1. The predicted molar refractivity (Wildman–Crippen MR) is 68.6 cm³/mol. The minimum atomic E-state index is -0.529. The van der Waals surface area contributed by atoms with E-state index < -0.39 is 11.7 Å². The molecule has 1 aromatic rings. The van der Waals surface area contributed by atoms with Crippen molar-refractivity contribution in [1.82, 2.24) is 4.98 Å². The molecule has 0 bridgehead atoms. The Kier molecular flexibility index (Phi) is 3.98. The van der Waals surface area contributed by atoms with Gasteiger partial charge in [-0.3, -0.25) is 4.90 Å². The molecule has 1 rings (SSSR count). The van der Waals surface area contributed by atoms with Gasteiger partial charge in [0, 0.05) is 17.8 Å². The average molecular weight is 257 g/mol. The molecule has 1 aromatic heterocycles. The number of hydrogen-bond donors (Lipinski definition) is 0. The fourth-order valence-corrected chi connectivity index (χ4v) is 1.46. The molecule has 1 amide bonds. The third kappa shape index (κ3) is 4.23. The Hall–Kier alpha value is -1.29. The van der Waals surface area contributed by atoms with Crippen LogP contribution in [0.15, 0.2) is 12.1 Å². The topological polar surface area (TPSA) is 42.4 Å². The predicted octanol–water partition coefficient (Wildman–Crippen LogP) is 3.41. The maximum Gasteiger partial charge on any atom is 0.415 e. The van der Waals surface area contributed by atoms with Gasteiger partial charge in [0.2, 0.25) is 0 Å². The highest BCUT2D eigenvalue weighted by Gasteiger charge is 2.21. The maximum atomic E-state index is 11.8. The standard InChI is InChI=1S/C12H17ClN2O2/c1-8-6-9(13)7-10(14-8)15(5)11(16)17-12(2,3)4/h6-7H,1-5H3. The van der Waals surface area contributed by atoms with E-state index in [9.17, 15) is 4.79 Å². The molecule has 94 valence electrons. The number of ether oxygens (including phenoxy) is 1. The molecule has 0 aromatic carbocycles. The van der Waals surface area contributed by atoms with Crippen molar-refractivity contribution in [2.45, 2.75) is 33.3 Å². The molecule has 4 nitrogen and oxygen atoms in total. The Balaban J connectivity index is 2.89. The molecule has 0 atom stereocenters. The number of carbonyl (C=O) groups excluding carboxylic acids is 1. The zero-order valence-corrected chi connectivity index (χ0v) is 11.5. The fourth-order valence-electron chi connectivity index (χ4n) is 1.21. The highest BCUT2D eigenvalue weighted by Crippen LogP contribution is 2.19. The largest absolute Gasteiger partial charge is 0.443 e. The van der Waals surface area contributed by atoms with Crippen molar-refractivity contribution in [3.63, 3.8) is 0 Å². The summed E-state index contributed by atoms with van der Waals surface area (Å²) in [7, 11) is 1.60. The van der Waals surface area contributed by atoms with Crippen LogP contribution in [-0.2, 0) is 4.74 Å². The number of aromatic nitrogens is 1. The lowest BCUT2D eigenvalue weighted by atomic mass is 10.2. The Morgan fingerprint density at radius 3 is 2.47 bits per heavy atom. The second kappa shape index (κ2) is 4.92. The quantitative estimate of drug-likeness (QED) is 0.773. The lowest BCUT2D eigenvalue weighted by Crippen LogP contribution is -2.34. The summed E-state index contributed by atoms with van der Waals surface area (Å²) in [6, 6.07) is 3.35. The van der Waals surface area contributed by atoms with E-state index in [1.54, 1.807) is 19.2 Å². The summed E-state index contributed by atoms with van der Waals surface area (Å²) >= 11 is 5.91. The van der Waals surface area contributed by atoms with Gasteiger partial charge in [0.25, 0.3) is 0 Å². The Morgan fingerprint density at radius 1 is 1.41 bits per heavy atom. The average Bonchev–Trinajstić information content (AvgIpc) is 2.12. The Morgan fingerprint density at radius 2 is 2.00 bits per heavy atom. The summed E-state index contributed by atoms with van der Waals surface area (Å²) in [6.07, 6.45) is -0.452. The smallest absolute Gasteiger partial charge is 0.415 e. The molecule has 5 heteroatoms. The first-order chi connectivity index (χ1) is 7.69. The summed E-state index contributed by atoms with van der Waals surface area (Å²) < 4.78 is 5.24. The van der Waals surface area contributed by atoms with Crippen LogP contribution in [0, 0.1) is 6.92 Å². The first-order valence-electron chi connectivity index (χ1n) is 5.30. The zero-order chi connectivity index (χ0) is 13.2. The number of anilines is 1. The van der Waals surface area contributed by atoms with Crippen molar-refractivity contribution in [3.8, 4) is 0 Å². The summed E-state index contributed by atoms with van der Waals surface area (Å²) in [5, 5.41) is 0.544. The second-order valence-corrected chi connectivity index (χ2v) is 5.26. The number of halogens is 1. The van der Waals surface area contributed by atoms with Gasteiger partial charge < -0.3 is 4.74 Å². The molecule has 0 radical (unpaired) electrons. The highest BCUT2D eigenvalue weighted by atomic mass is 35.5. The molecular weight excluding hydrogens is 240 g/mol. The summed E-state index contributed by atoms with van der Waals surface area (Å²) in [4.78, 5) is 17.4. The van der Waals surface area contributed by atoms with Crippen LogP contribution in [0.25, 0.3) is 0 Å². The van der Waals surface area contributed by atoms with Gasteiger partial charge in [-0.05, 0) is 39.8 Å². The number of rotatable bonds is 1. The molecule has 0 saturated heterocycles. The molecular formula is C12H17ClN2O2. The molecule has 0 aliphatic carbocycles. The Labute approximate surface area is 107 Å². The van der Waals surface area contributed by atoms with E-state index in [0.717, 1.165) is 5.69 Å². The number of carbonyl (C=O) groups is 1. The molecule has 17 heavy (non-hydrogen) atoms. The summed E-state index contributed by atoms with van der Waals surface area (Å²) in [5.41, 5.74) is 0.224. The van der Waals surface area contributed by atoms with Gasteiger partial charge in [-0.2, -0.15) is 0 Å². The van der Waals surface area contributed by atoms with Crippen molar-refractivity contribution >= 4 is 23.5 Å². The van der Waals surface area contributed by atoms with Crippen LogP contribution in [0.5, 0.6) is 0 Å². The van der Waals surface area contributed by atoms with E-state index in [1.165, 1.54) is 4.90 Å². The van der Waals surface area contributed by atoms with Gasteiger partial charge in [0.1, 0.15) is 11.4 Å². The summed E-state index contributed by atoms with van der Waals surface area (Å²) in [6.45, 7) is 7.26. The van der Waals surface area contributed by atoms with Crippen LogP contribution in [0.1, 0.15) is 26.5 Å². The summed E-state index contributed by atoms with van der Waals surface area (Å²) in [5.74, 6) is 0.476.